The summed E-state index contributed by atoms with van der Waals surface area (Å²) in [4.78, 5) is 52.7. The highest BCUT2D eigenvalue weighted by atomic mass is 35.5. The molecule has 0 spiro atoms. The second kappa shape index (κ2) is 7.87. The molecule has 10 nitrogen and oxygen atoms in total. The quantitative estimate of drug-likeness (QED) is 0.594. The maximum absolute atomic E-state index is 13.6. The van der Waals surface area contributed by atoms with E-state index in [9.17, 15) is 23.6 Å². The van der Waals surface area contributed by atoms with Crippen LogP contribution in [0, 0.1) is 5.82 Å². The molecule has 0 fully saturated rings. The number of aromatic nitrogens is 4. The number of carbonyl (C=O) groups excluding carboxylic acids is 2. The second-order valence-corrected chi connectivity index (χ2v) is 6.53. The molecule has 0 radical (unpaired) electrons. The number of benzene rings is 1. The van der Waals surface area contributed by atoms with Gasteiger partial charge in [-0.25, -0.2) is 18.7 Å². The minimum Gasteiger partial charge on any atom is -0.454 e. The van der Waals surface area contributed by atoms with Crippen LogP contribution in [0.15, 0.2) is 34.1 Å². The summed E-state index contributed by atoms with van der Waals surface area (Å²) in [5.74, 6) is -2.53. The third-order valence-corrected chi connectivity index (χ3v) is 4.29. The van der Waals surface area contributed by atoms with Crippen LogP contribution in [0.1, 0.15) is 0 Å². The molecule has 3 aromatic rings. The summed E-state index contributed by atoms with van der Waals surface area (Å²) in [6, 6.07) is 3.58. The standard InChI is InChI=1S/C17H15ClFN5O5/c1-22-8-20-15-14(22)16(27)24(17(28)23(15)2)6-13(26)29-7-12(25)21-11-5-9(18)3-4-10(11)19/h3-5,8H,6-7H2,1-2H3,(H,21,25). The van der Waals surface area contributed by atoms with Gasteiger partial charge >= 0.3 is 11.7 Å². The Balaban J connectivity index is 1.71. The monoisotopic (exact) mass is 423 g/mol. The summed E-state index contributed by atoms with van der Waals surface area (Å²) < 4.78 is 21.6. The zero-order valence-electron chi connectivity index (χ0n) is 15.3. The van der Waals surface area contributed by atoms with Gasteiger partial charge in [0.2, 0.25) is 0 Å². The Labute approximate surface area is 167 Å². The number of hydrogen-bond donors (Lipinski definition) is 1. The van der Waals surface area contributed by atoms with Crippen LogP contribution in [0.5, 0.6) is 0 Å². The summed E-state index contributed by atoms with van der Waals surface area (Å²) >= 11 is 5.73. The third-order valence-electron chi connectivity index (χ3n) is 4.05. The number of anilines is 1. The number of esters is 1. The number of rotatable bonds is 5. The molecule has 0 saturated carbocycles. The Morgan fingerprint density at radius 1 is 1.28 bits per heavy atom. The van der Waals surface area contributed by atoms with Crippen molar-refractivity contribution in [1.29, 1.82) is 0 Å². The van der Waals surface area contributed by atoms with Gasteiger partial charge in [0, 0.05) is 19.1 Å². The van der Waals surface area contributed by atoms with Crippen molar-refractivity contribution in [3.05, 3.63) is 56.2 Å². The van der Waals surface area contributed by atoms with E-state index in [0.29, 0.717) is 4.57 Å². The Bertz CT molecular complexity index is 1250. The summed E-state index contributed by atoms with van der Waals surface area (Å²) in [5, 5.41) is 2.42. The lowest BCUT2D eigenvalue weighted by molar-refractivity contribution is -0.148. The molecular formula is C17H15ClFN5O5. The first-order valence-corrected chi connectivity index (χ1v) is 8.58. The highest BCUT2D eigenvalue weighted by Gasteiger charge is 2.18. The van der Waals surface area contributed by atoms with Crippen molar-refractivity contribution in [2.75, 3.05) is 11.9 Å². The number of amides is 1. The second-order valence-electron chi connectivity index (χ2n) is 6.09. The largest absolute Gasteiger partial charge is 0.454 e. The first-order valence-electron chi connectivity index (χ1n) is 8.20. The van der Waals surface area contributed by atoms with Crippen molar-refractivity contribution in [1.82, 2.24) is 18.7 Å². The molecule has 2 aromatic heterocycles. The van der Waals surface area contributed by atoms with Crippen LogP contribution in [-0.2, 0) is 35.0 Å². The van der Waals surface area contributed by atoms with Crippen molar-refractivity contribution in [3.8, 4) is 0 Å². The molecule has 29 heavy (non-hydrogen) atoms. The minimum atomic E-state index is -0.993. The first kappa shape index (κ1) is 20.3. The Kier molecular flexibility index (Phi) is 5.50. The first-order chi connectivity index (χ1) is 13.7. The van der Waals surface area contributed by atoms with Gasteiger partial charge in [-0.15, -0.1) is 0 Å². The number of ether oxygens (including phenoxy) is 1. The van der Waals surface area contributed by atoms with E-state index in [0.717, 1.165) is 10.6 Å². The van der Waals surface area contributed by atoms with Crippen LogP contribution in [0.4, 0.5) is 10.1 Å². The van der Waals surface area contributed by atoms with E-state index in [-0.39, 0.29) is 21.9 Å². The van der Waals surface area contributed by atoms with Crippen molar-refractivity contribution in [2.24, 2.45) is 14.1 Å². The van der Waals surface area contributed by atoms with Gasteiger partial charge in [0.15, 0.2) is 17.8 Å². The van der Waals surface area contributed by atoms with E-state index >= 15 is 0 Å². The third kappa shape index (κ3) is 4.04. The van der Waals surface area contributed by atoms with E-state index in [1.807, 2.05) is 0 Å². The lowest BCUT2D eigenvalue weighted by atomic mass is 10.3. The fourth-order valence-corrected chi connectivity index (χ4v) is 2.81. The number of imidazole rings is 1. The van der Waals surface area contributed by atoms with E-state index in [4.69, 9.17) is 16.3 Å². The molecule has 0 aliphatic heterocycles. The normalized spacial score (nSPS) is 10.9. The Morgan fingerprint density at radius 3 is 2.72 bits per heavy atom. The molecule has 0 bridgehead atoms. The molecule has 0 atom stereocenters. The van der Waals surface area contributed by atoms with E-state index in [1.165, 1.54) is 30.1 Å². The van der Waals surface area contributed by atoms with Crippen LogP contribution in [0.2, 0.25) is 5.02 Å². The average molecular weight is 424 g/mol. The maximum Gasteiger partial charge on any atom is 0.333 e. The molecule has 1 amide bonds. The van der Waals surface area contributed by atoms with Gasteiger partial charge in [0.25, 0.3) is 11.5 Å². The number of nitrogens with zero attached hydrogens (tertiary/aromatic N) is 4. The van der Waals surface area contributed by atoms with Crippen molar-refractivity contribution < 1.29 is 18.7 Å². The van der Waals surface area contributed by atoms with Gasteiger partial charge in [0.1, 0.15) is 12.4 Å². The van der Waals surface area contributed by atoms with Gasteiger partial charge in [-0.05, 0) is 18.2 Å². The molecule has 0 unspecified atom stereocenters. The average Bonchev–Trinajstić information content (AvgIpc) is 3.06. The van der Waals surface area contributed by atoms with Crippen LogP contribution >= 0.6 is 11.6 Å². The van der Waals surface area contributed by atoms with Crippen LogP contribution in [-0.4, -0.2) is 37.2 Å². The van der Waals surface area contributed by atoms with Crippen LogP contribution < -0.4 is 16.6 Å². The fraction of sp³-hybridized carbons (Fsp3) is 0.235. The SMILES string of the molecule is Cn1cnc2c1c(=O)n(CC(=O)OCC(=O)Nc1cc(Cl)ccc1F)c(=O)n2C. The van der Waals surface area contributed by atoms with Gasteiger partial charge < -0.3 is 14.6 Å². The summed E-state index contributed by atoms with van der Waals surface area (Å²) in [5.41, 5.74) is -1.34. The van der Waals surface area contributed by atoms with Gasteiger partial charge in [-0.3, -0.25) is 19.0 Å². The van der Waals surface area contributed by atoms with E-state index < -0.39 is 42.1 Å². The number of carbonyl (C=O) groups is 2. The molecule has 3 rings (SSSR count). The number of nitrogens with one attached hydrogen (secondary N) is 1. The van der Waals surface area contributed by atoms with Crippen molar-refractivity contribution in [2.45, 2.75) is 6.54 Å². The predicted octanol–water partition coefficient (Wildman–Crippen LogP) is 0.408. The summed E-state index contributed by atoms with van der Waals surface area (Å²) in [6.45, 7) is -1.45. The molecule has 2 heterocycles. The van der Waals surface area contributed by atoms with E-state index in [1.54, 1.807) is 7.05 Å². The smallest absolute Gasteiger partial charge is 0.333 e. The lowest BCUT2D eigenvalue weighted by Crippen LogP contribution is -2.41. The number of aryl methyl sites for hydroxylation is 2. The predicted molar refractivity (Wildman–Crippen MR) is 101 cm³/mol. The maximum atomic E-state index is 13.6. The fourth-order valence-electron chi connectivity index (χ4n) is 2.64. The molecule has 12 heteroatoms. The molecule has 0 aliphatic rings. The summed E-state index contributed by atoms with van der Waals surface area (Å²) in [6.07, 6.45) is 1.37. The highest BCUT2D eigenvalue weighted by Crippen LogP contribution is 2.19. The lowest BCUT2D eigenvalue weighted by Gasteiger charge is -2.10. The highest BCUT2D eigenvalue weighted by molar-refractivity contribution is 6.30. The van der Waals surface area contributed by atoms with Crippen LogP contribution in [0.25, 0.3) is 11.2 Å². The van der Waals surface area contributed by atoms with Crippen molar-refractivity contribution >= 4 is 40.3 Å². The number of halogens is 2. The van der Waals surface area contributed by atoms with Gasteiger partial charge in [-0.1, -0.05) is 11.6 Å². The molecule has 1 N–H and O–H groups in total. The number of hydrogen-bond acceptors (Lipinski definition) is 6. The number of fused-ring (bicyclic) bond motifs is 1. The van der Waals surface area contributed by atoms with Crippen LogP contribution in [0.3, 0.4) is 0 Å². The summed E-state index contributed by atoms with van der Waals surface area (Å²) in [7, 11) is 2.98. The molecule has 0 aliphatic carbocycles. The van der Waals surface area contributed by atoms with E-state index in [2.05, 4.69) is 10.3 Å². The molecular weight excluding hydrogens is 409 g/mol. The Hall–Kier alpha value is -3.47. The van der Waals surface area contributed by atoms with Gasteiger partial charge in [-0.2, -0.15) is 0 Å². The zero-order chi connectivity index (χ0) is 21.3. The molecule has 0 saturated heterocycles. The van der Waals surface area contributed by atoms with Gasteiger partial charge in [0.05, 0.1) is 12.0 Å². The minimum absolute atomic E-state index is 0.133. The topological polar surface area (TPSA) is 117 Å². The zero-order valence-corrected chi connectivity index (χ0v) is 16.1. The molecule has 152 valence electrons. The van der Waals surface area contributed by atoms with Crippen molar-refractivity contribution in [3.63, 3.8) is 0 Å². The molecule has 1 aromatic carbocycles. The Morgan fingerprint density at radius 2 is 2.00 bits per heavy atom.